The average Bonchev–Trinajstić information content (AvgIpc) is 2.60. The number of benzene rings is 2. The number of nitrogens with zero attached hydrogens (tertiary/aromatic N) is 3. The molecule has 2 heterocycles. The van der Waals surface area contributed by atoms with Gasteiger partial charge in [0.05, 0.1) is 39.5 Å². The second kappa shape index (κ2) is 6.89. The van der Waals surface area contributed by atoms with Crippen LogP contribution in [0.4, 0.5) is 11.5 Å². The summed E-state index contributed by atoms with van der Waals surface area (Å²) in [5.41, 5.74) is 2.09. The van der Waals surface area contributed by atoms with E-state index < -0.39 is 10.9 Å². The lowest BCUT2D eigenvalue weighted by atomic mass is 9.49. The van der Waals surface area contributed by atoms with Crippen molar-refractivity contribution in [3.63, 3.8) is 0 Å². The van der Waals surface area contributed by atoms with Crippen molar-refractivity contribution in [1.29, 1.82) is 0 Å². The van der Waals surface area contributed by atoms with Gasteiger partial charge in [-0.05, 0) is 65.3 Å². The number of hydrogen-bond acceptors (Lipinski definition) is 3. The molecule has 0 N–H and O–H groups in total. The monoisotopic (exact) mass is 481 g/mol. The van der Waals surface area contributed by atoms with Gasteiger partial charge in [0.2, 0.25) is 0 Å². The molecule has 1 aliphatic rings. The largest absolute Gasteiger partial charge is 0.348 e. The Kier molecular flexibility index (Phi) is 4.83. The quantitative estimate of drug-likeness (QED) is 0.418. The lowest BCUT2D eigenvalue weighted by molar-refractivity contribution is 0.727. The highest BCUT2D eigenvalue weighted by Crippen LogP contribution is 2.39. The van der Waals surface area contributed by atoms with Crippen LogP contribution in [0.5, 0.6) is 0 Å². The number of rotatable bonds is 2. The van der Waals surface area contributed by atoms with Crippen LogP contribution in [-0.4, -0.2) is 39.6 Å². The molecule has 0 aliphatic carbocycles. The molecule has 128 valence electrons. The summed E-state index contributed by atoms with van der Waals surface area (Å²) >= 11 is 8.84. The topological polar surface area (TPSA) is 38.1 Å². The summed E-state index contributed by atoms with van der Waals surface area (Å²) in [6.45, 7) is 0.725. The number of fused-ring (bicyclic) bond motifs is 2. The van der Waals surface area contributed by atoms with Gasteiger partial charge in [-0.3, -0.25) is 0 Å². The van der Waals surface area contributed by atoms with E-state index in [2.05, 4.69) is 33.6 Å². The number of aromatic nitrogens is 2. The van der Waals surface area contributed by atoms with Crippen LogP contribution in [-0.2, 0) is 11.7 Å². The third kappa shape index (κ3) is 3.20. The fourth-order valence-corrected chi connectivity index (χ4v) is 4.60. The Morgan fingerprint density at radius 3 is 2.63 bits per heavy atom. The summed E-state index contributed by atoms with van der Waals surface area (Å²) in [5.74, 6) is 0.490. The van der Waals surface area contributed by atoms with Crippen LogP contribution in [0.2, 0.25) is 5.02 Å². The molecule has 6 radical (unpaired) electrons. The van der Waals surface area contributed by atoms with Gasteiger partial charge in [0.25, 0.3) is 0 Å². The van der Waals surface area contributed by atoms with Gasteiger partial charge in [-0.1, -0.05) is 29.0 Å². The molecule has 3 aromatic rings. The van der Waals surface area contributed by atoms with Crippen molar-refractivity contribution in [1.82, 2.24) is 9.55 Å². The van der Waals surface area contributed by atoms with E-state index in [1.54, 1.807) is 18.2 Å². The highest BCUT2D eigenvalue weighted by atomic mass is 127. The maximum Gasteiger partial charge on any atom is 0.348 e. The van der Waals surface area contributed by atoms with E-state index in [1.807, 2.05) is 17.0 Å². The molecule has 0 unspecified atom stereocenters. The van der Waals surface area contributed by atoms with E-state index in [4.69, 9.17) is 35.1 Å². The first-order chi connectivity index (χ1) is 12.8. The first-order valence-electron chi connectivity index (χ1n) is 8.42. The predicted molar refractivity (Wildman–Crippen MR) is 121 cm³/mol. The second-order valence-electron chi connectivity index (χ2n) is 6.57. The SMILES string of the molecule is [B]C([B])([B])n1c(=O)nc(N2CCCc3c(I)cccc32)c2c(Cl)cccc21. The van der Waals surface area contributed by atoms with Crippen LogP contribution in [0.15, 0.2) is 41.2 Å². The van der Waals surface area contributed by atoms with Crippen molar-refractivity contribution < 1.29 is 0 Å². The van der Waals surface area contributed by atoms with E-state index in [0.29, 0.717) is 21.7 Å². The van der Waals surface area contributed by atoms with Gasteiger partial charge in [0.1, 0.15) is 5.82 Å². The highest BCUT2D eigenvalue weighted by Gasteiger charge is 2.26. The van der Waals surface area contributed by atoms with Crippen LogP contribution in [0, 0.1) is 3.57 Å². The minimum absolute atomic E-state index is 0.447. The molecule has 1 aromatic heterocycles. The van der Waals surface area contributed by atoms with E-state index in [0.717, 1.165) is 29.6 Å². The summed E-state index contributed by atoms with van der Waals surface area (Å²) in [6.07, 6.45) is 1.92. The van der Waals surface area contributed by atoms with Gasteiger partial charge in [-0.15, -0.1) is 0 Å². The van der Waals surface area contributed by atoms with E-state index in [9.17, 15) is 4.79 Å². The van der Waals surface area contributed by atoms with Gasteiger partial charge >= 0.3 is 5.69 Å². The molecule has 0 saturated carbocycles. The Hall–Kier alpha value is -1.41. The van der Waals surface area contributed by atoms with Gasteiger partial charge in [-0.2, -0.15) is 4.98 Å². The summed E-state index contributed by atoms with van der Waals surface area (Å²) in [4.78, 5) is 19.1. The molecule has 1 aliphatic heterocycles. The van der Waals surface area contributed by atoms with Crippen LogP contribution < -0.4 is 10.6 Å². The summed E-state index contributed by atoms with van der Waals surface area (Å²) < 4.78 is 2.25. The summed E-state index contributed by atoms with van der Waals surface area (Å²) in [5, 5.41) is -0.845. The smallest absolute Gasteiger partial charge is 0.325 e. The molecule has 0 amide bonds. The molecule has 4 rings (SSSR count). The average molecular weight is 481 g/mol. The lowest BCUT2D eigenvalue weighted by Crippen LogP contribution is -2.44. The van der Waals surface area contributed by atoms with Crippen LogP contribution in [0.25, 0.3) is 10.9 Å². The van der Waals surface area contributed by atoms with Crippen LogP contribution >= 0.6 is 34.2 Å². The van der Waals surface area contributed by atoms with Gasteiger partial charge in [0, 0.05) is 15.8 Å². The summed E-state index contributed by atoms with van der Waals surface area (Å²) in [6, 6.07) is 11.3. The van der Waals surface area contributed by atoms with E-state index in [1.165, 1.54) is 9.13 Å². The zero-order chi connectivity index (χ0) is 19.3. The van der Waals surface area contributed by atoms with Crippen LogP contribution in [0.3, 0.4) is 0 Å². The highest BCUT2D eigenvalue weighted by molar-refractivity contribution is 14.1. The standard InChI is InChI=1S/C18H12B3ClIN3O/c19-18(20,21)26-14-8-1-5-11(22)15(14)16(24-17(26)27)25-9-3-4-10-12(23)6-2-7-13(10)25/h1-2,5-8H,3-4,9H2. The fraction of sp³-hybridized carbons (Fsp3) is 0.222. The fourth-order valence-electron chi connectivity index (χ4n) is 3.59. The predicted octanol–water partition coefficient (Wildman–Crippen LogP) is 2.81. The van der Waals surface area contributed by atoms with Gasteiger partial charge in [-0.25, -0.2) is 4.79 Å². The van der Waals surface area contributed by atoms with Crippen molar-refractivity contribution in [3.8, 4) is 0 Å². The Balaban J connectivity index is 2.06. The van der Waals surface area contributed by atoms with Crippen molar-refractivity contribution in [2.45, 2.75) is 18.1 Å². The van der Waals surface area contributed by atoms with Gasteiger partial charge in [0.15, 0.2) is 0 Å². The zero-order valence-electron chi connectivity index (χ0n) is 14.3. The van der Waals surface area contributed by atoms with Gasteiger partial charge < -0.3 is 9.47 Å². The minimum atomic E-state index is -1.89. The Bertz CT molecular complexity index is 1110. The molecular weight excluding hydrogens is 469 g/mol. The molecule has 2 aromatic carbocycles. The normalized spacial score (nSPS) is 14.4. The Labute approximate surface area is 179 Å². The Morgan fingerprint density at radius 1 is 1.15 bits per heavy atom. The number of anilines is 2. The molecule has 0 bridgehead atoms. The maximum atomic E-state index is 12.8. The molecule has 0 spiro atoms. The van der Waals surface area contributed by atoms with E-state index >= 15 is 0 Å². The summed E-state index contributed by atoms with van der Waals surface area (Å²) in [7, 11) is 17.5. The van der Waals surface area contributed by atoms with Crippen molar-refractivity contribution in [2.24, 2.45) is 0 Å². The molecule has 0 fully saturated rings. The van der Waals surface area contributed by atoms with Crippen LogP contribution in [0.1, 0.15) is 12.0 Å². The third-order valence-corrected chi connectivity index (χ3v) is 6.01. The molecular formula is C18H12B3ClIN3O. The van der Waals surface area contributed by atoms with E-state index in [-0.39, 0.29) is 0 Å². The zero-order valence-corrected chi connectivity index (χ0v) is 17.2. The lowest BCUT2D eigenvalue weighted by Gasteiger charge is -2.33. The molecule has 9 heteroatoms. The first-order valence-corrected chi connectivity index (χ1v) is 9.88. The molecule has 27 heavy (non-hydrogen) atoms. The second-order valence-corrected chi connectivity index (χ2v) is 8.14. The number of halogens is 2. The maximum absolute atomic E-state index is 12.8. The van der Waals surface area contributed by atoms with Crippen molar-refractivity contribution >= 4 is 80.1 Å². The Morgan fingerprint density at radius 2 is 1.89 bits per heavy atom. The van der Waals surface area contributed by atoms with Crippen molar-refractivity contribution in [2.75, 3.05) is 11.4 Å². The molecule has 0 saturated heterocycles. The minimum Gasteiger partial charge on any atom is -0.325 e. The molecule has 0 atom stereocenters. The van der Waals surface area contributed by atoms with Crippen molar-refractivity contribution in [3.05, 3.63) is 61.0 Å². The number of hydrogen-bond donors (Lipinski definition) is 0. The third-order valence-electron chi connectivity index (χ3n) is 4.69. The molecule has 4 nitrogen and oxygen atoms in total. The first kappa shape index (κ1) is 18.9.